The summed E-state index contributed by atoms with van der Waals surface area (Å²) in [6.07, 6.45) is -0.951. The molecule has 0 aromatic heterocycles. The molecule has 0 fully saturated rings. The van der Waals surface area contributed by atoms with Gasteiger partial charge in [-0.25, -0.2) is 0 Å². The van der Waals surface area contributed by atoms with Crippen molar-refractivity contribution in [1.29, 1.82) is 5.26 Å². The van der Waals surface area contributed by atoms with Crippen molar-refractivity contribution in [3.63, 3.8) is 0 Å². The van der Waals surface area contributed by atoms with Crippen molar-refractivity contribution in [2.24, 2.45) is 0 Å². The maximum atomic E-state index is 10.7. The first-order valence-electron chi connectivity index (χ1n) is 5.54. The van der Waals surface area contributed by atoms with Crippen LogP contribution in [0, 0.1) is 21.4 Å². The average Bonchev–Trinajstić information content (AvgIpc) is 2.46. The Hall–Kier alpha value is -2.71. The number of hydrogen-bond acceptors (Lipinski definition) is 4. The summed E-state index contributed by atoms with van der Waals surface area (Å²) in [5.74, 6) is 0. The van der Waals surface area contributed by atoms with Crippen molar-refractivity contribution < 1.29 is 10.0 Å². The Morgan fingerprint density at radius 1 is 1.16 bits per heavy atom. The Bertz CT molecular complexity index is 644. The average molecular weight is 254 g/mol. The predicted molar refractivity (Wildman–Crippen MR) is 68.3 cm³/mol. The Kier molecular flexibility index (Phi) is 3.55. The zero-order chi connectivity index (χ0) is 13.8. The van der Waals surface area contributed by atoms with Crippen molar-refractivity contribution in [3.8, 4) is 6.07 Å². The van der Waals surface area contributed by atoms with Gasteiger partial charge in [-0.1, -0.05) is 24.3 Å². The van der Waals surface area contributed by atoms with Gasteiger partial charge in [-0.3, -0.25) is 10.1 Å². The van der Waals surface area contributed by atoms with Gasteiger partial charge in [0, 0.05) is 12.1 Å². The maximum absolute atomic E-state index is 10.7. The molecule has 0 aliphatic rings. The quantitative estimate of drug-likeness (QED) is 0.673. The van der Waals surface area contributed by atoms with E-state index in [2.05, 4.69) is 0 Å². The molecular weight excluding hydrogens is 244 g/mol. The van der Waals surface area contributed by atoms with Gasteiger partial charge in [0.2, 0.25) is 0 Å². The van der Waals surface area contributed by atoms with Crippen LogP contribution in [0.5, 0.6) is 0 Å². The minimum atomic E-state index is -0.951. The summed E-state index contributed by atoms with van der Waals surface area (Å²) >= 11 is 0. The first-order valence-corrected chi connectivity index (χ1v) is 5.54. The van der Waals surface area contributed by atoms with E-state index in [4.69, 9.17) is 5.26 Å². The van der Waals surface area contributed by atoms with Crippen molar-refractivity contribution in [1.82, 2.24) is 0 Å². The first kappa shape index (κ1) is 12.7. The van der Waals surface area contributed by atoms with E-state index in [9.17, 15) is 15.2 Å². The normalized spacial score (nSPS) is 11.6. The molecule has 0 aliphatic carbocycles. The summed E-state index contributed by atoms with van der Waals surface area (Å²) in [4.78, 5) is 10.2. The van der Waals surface area contributed by atoms with E-state index >= 15 is 0 Å². The maximum Gasteiger partial charge on any atom is 0.269 e. The summed E-state index contributed by atoms with van der Waals surface area (Å²) in [5, 5.41) is 29.5. The van der Waals surface area contributed by atoms with Gasteiger partial charge in [0.25, 0.3) is 5.69 Å². The third kappa shape index (κ3) is 2.76. The lowest BCUT2D eigenvalue weighted by atomic mass is 10.0. The lowest BCUT2D eigenvalue weighted by Gasteiger charge is -2.11. The zero-order valence-electron chi connectivity index (χ0n) is 9.85. The van der Waals surface area contributed by atoms with Crippen LogP contribution in [-0.4, -0.2) is 10.0 Å². The smallest absolute Gasteiger partial charge is 0.269 e. The van der Waals surface area contributed by atoms with Gasteiger partial charge in [0.15, 0.2) is 0 Å². The molecule has 0 heterocycles. The summed E-state index contributed by atoms with van der Waals surface area (Å²) in [6, 6.07) is 14.3. The Balaban J connectivity index is 2.32. The lowest BCUT2D eigenvalue weighted by molar-refractivity contribution is -0.385. The second kappa shape index (κ2) is 5.29. The van der Waals surface area contributed by atoms with E-state index in [1.165, 1.54) is 18.2 Å². The molecule has 1 unspecified atom stereocenters. The number of nitro benzene ring substituents is 1. The molecule has 0 radical (unpaired) electrons. The highest BCUT2D eigenvalue weighted by Crippen LogP contribution is 2.25. The molecule has 2 rings (SSSR count). The highest BCUT2D eigenvalue weighted by Gasteiger charge is 2.14. The van der Waals surface area contributed by atoms with Crippen molar-refractivity contribution >= 4 is 5.69 Å². The third-order valence-electron chi connectivity index (χ3n) is 2.75. The van der Waals surface area contributed by atoms with Crippen LogP contribution in [-0.2, 0) is 0 Å². The van der Waals surface area contributed by atoms with E-state index in [-0.39, 0.29) is 5.69 Å². The molecule has 5 heteroatoms. The topological polar surface area (TPSA) is 87.2 Å². The summed E-state index contributed by atoms with van der Waals surface area (Å²) in [5.41, 5.74) is 1.46. The summed E-state index contributed by atoms with van der Waals surface area (Å²) in [7, 11) is 0. The van der Waals surface area contributed by atoms with Crippen LogP contribution in [0.1, 0.15) is 22.8 Å². The number of hydrogen-bond donors (Lipinski definition) is 1. The van der Waals surface area contributed by atoms with Crippen molar-refractivity contribution in [2.75, 3.05) is 0 Å². The number of non-ortho nitro benzene ring substituents is 1. The fourth-order valence-electron chi connectivity index (χ4n) is 1.74. The van der Waals surface area contributed by atoms with Crippen LogP contribution in [0.4, 0.5) is 5.69 Å². The molecule has 0 spiro atoms. The highest BCUT2D eigenvalue weighted by atomic mass is 16.6. The SMILES string of the molecule is N#Cc1ccc(C(O)c2cccc([N+](=O)[O-])c2)cc1. The van der Waals surface area contributed by atoms with Crippen LogP contribution in [0.2, 0.25) is 0 Å². The number of nitrogens with zero attached hydrogens (tertiary/aromatic N) is 2. The number of nitro groups is 1. The van der Waals surface area contributed by atoms with Crippen molar-refractivity contribution in [2.45, 2.75) is 6.10 Å². The van der Waals surface area contributed by atoms with Crippen LogP contribution < -0.4 is 0 Å². The van der Waals surface area contributed by atoms with Gasteiger partial charge in [-0.05, 0) is 23.3 Å². The molecule has 0 aliphatic heterocycles. The lowest BCUT2D eigenvalue weighted by Crippen LogP contribution is -2.00. The molecule has 2 aromatic rings. The molecular formula is C14H10N2O3. The van der Waals surface area contributed by atoms with Crippen LogP contribution in [0.3, 0.4) is 0 Å². The number of aliphatic hydroxyl groups excluding tert-OH is 1. The van der Waals surface area contributed by atoms with Gasteiger partial charge in [-0.15, -0.1) is 0 Å². The molecule has 94 valence electrons. The predicted octanol–water partition coefficient (Wildman–Crippen LogP) is 2.55. The third-order valence-corrected chi connectivity index (χ3v) is 2.75. The summed E-state index contributed by atoms with van der Waals surface area (Å²) in [6.45, 7) is 0. The molecule has 19 heavy (non-hydrogen) atoms. The zero-order valence-corrected chi connectivity index (χ0v) is 9.85. The van der Waals surface area contributed by atoms with E-state index in [1.807, 2.05) is 6.07 Å². The van der Waals surface area contributed by atoms with Crippen LogP contribution in [0.25, 0.3) is 0 Å². The van der Waals surface area contributed by atoms with E-state index < -0.39 is 11.0 Å². The minimum absolute atomic E-state index is 0.0646. The molecule has 0 saturated heterocycles. The molecule has 1 atom stereocenters. The van der Waals surface area contributed by atoms with Crippen molar-refractivity contribution in [3.05, 3.63) is 75.3 Å². The standard InChI is InChI=1S/C14H10N2O3/c15-9-10-4-6-11(7-5-10)14(17)12-2-1-3-13(8-12)16(18)19/h1-8,14,17H. The largest absolute Gasteiger partial charge is 0.384 e. The molecule has 0 bridgehead atoms. The fraction of sp³-hybridized carbons (Fsp3) is 0.0714. The number of aliphatic hydroxyl groups is 1. The van der Waals surface area contributed by atoms with Gasteiger partial charge >= 0.3 is 0 Å². The number of rotatable bonds is 3. The Morgan fingerprint density at radius 3 is 2.42 bits per heavy atom. The van der Waals surface area contributed by atoms with Gasteiger partial charge in [0.1, 0.15) is 6.10 Å². The number of benzene rings is 2. The van der Waals surface area contributed by atoms with E-state index in [0.717, 1.165) is 0 Å². The van der Waals surface area contributed by atoms with E-state index in [1.54, 1.807) is 30.3 Å². The molecule has 0 amide bonds. The monoisotopic (exact) mass is 254 g/mol. The van der Waals surface area contributed by atoms with Gasteiger partial charge in [-0.2, -0.15) is 5.26 Å². The summed E-state index contributed by atoms with van der Waals surface area (Å²) < 4.78 is 0. The van der Waals surface area contributed by atoms with E-state index in [0.29, 0.717) is 16.7 Å². The molecule has 2 aromatic carbocycles. The minimum Gasteiger partial charge on any atom is -0.384 e. The molecule has 1 N–H and O–H groups in total. The van der Waals surface area contributed by atoms with Gasteiger partial charge in [0.05, 0.1) is 16.6 Å². The molecule has 0 saturated carbocycles. The van der Waals surface area contributed by atoms with Crippen LogP contribution >= 0.6 is 0 Å². The van der Waals surface area contributed by atoms with Crippen LogP contribution in [0.15, 0.2) is 48.5 Å². The fourth-order valence-corrected chi connectivity index (χ4v) is 1.74. The van der Waals surface area contributed by atoms with Gasteiger partial charge < -0.3 is 5.11 Å². The molecule has 5 nitrogen and oxygen atoms in total. The second-order valence-electron chi connectivity index (χ2n) is 3.99. The Labute approximate surface area is 109 Å². The number of nitriles is 1. The highest BCUT2D eigenvalue weighted by molar-refractivity contribution is 5.40. The first-order chi connectivity index (χ1) is 9.11. The Morgan fingerprint density at radius 2 is 1.84 bits per heavy atom. The second-order valence-corrected chi connectivity index (χ2v) is 3.99.